The maximum Gasteiger partial charge on any atom is 0.0893 e. The largest absolute Gasteiger partial charge is 0.359 e. The monoisotopic (exact) mass is 220 g/mol. The molecular weight excluding hydrogens is 200 g/mol. The van der Waals surface area contributed by atoms with Crippen LogP contribution in [0.15, 0.2) is 24.8 Å². The third kappa shape index (κ3) is 2.10. The van der Waals surface area contributed by atoms with E-state index >= 15 is 0 Å². The van der Waals surface area contributed by atoms with Crippen LogP contribution in [0.3, 0.4) is 0 Å². The maximum atomic E-state index is 2.42. The van der Waals surface area contributed by atoms with Gasteiger partial charge in [0, 0.05) is 51.0 Å². The fourth-order valence-electron chi connectivity index (χ4n) is 2.57. The van der Waals surface area contributed by atoms with Crippen molar-refractivity contribution in [3.8, 4) is 0 Å². The number of rotatable bonds is 0. The Labute approximate surface area is 97.4 Å². The van der Waals surface area contributed by atoms with E-state index in [1.807, 2.05) is 0 Å². The van der Waals surface area contributed by atoms with Crippen molar-refractivity contribution in [3.05, 3.63) is 24.8 Å². The van der Waals surface area contributed by atoms with E-state index < -0.39 is 0 Å². The second-order valence-electron chi connectivity index (χ2n) is 4.84. The van der Waals surface area contributed by atoms with Gasteiger partial charge in [-0.2, -0.15) is 0 Å². The summed E-state index contributed by atoms with van der Waals surface area (Å²) in [6.07, 6.45) is 11.4. The molecule has 3 rings (SSSR count). The van der Waals surface area contributed by atoms with Gasteiger partial charge in [-0.15, -0.1) is 0 Å². The van der Waals surface area contributed by atoms with Gasteiger partial charge >= 0.3 is 0 Å². The van der Waals surface area contributed by atoms with Gasteiger partial charge in [0.2, 0.25) is 0 Å². The lowest BCUT2D eigenvalue weighted by Gasteiger charge is -2.26. The third-order valence-electron chi connectivity index (χ3n) is 3.48. The Balaban J connectivity index is 1.61. The summed E-state index contributed by atoms with van der Waals surface area (Å²) in [5, 5.41) is 0. The predicted molar refractivity (Wildman–Crippen MR) is 64.1 cm³/mol. The number of fused-ring (bicyclic) bond motifs is 4. The molecule has 1 fully saturated rings. The molecule has 0 aliphatic carbocycles. The second-order valence-corrected chi connectivity index (χ2v) is 4.84. The average Bonchev–Trinajstić information content (AvgIpc) is 2.88. The van der Waals surface area contributed by atoms with Gasteiger partial charge in [-0.25, -0.2) is 0 Å². The lowest BCUT2D eigenvalue weighted by molar-refractivity contribution is 0.208. The van der Waals surface area contributed by atoms with Crippen molar-refractivity contribution >= 4 is 0 Å². The van der Waals surface area contributed by atoms with Gasteiger partial charge < -0.3 is 19.6 Å². The molecule has 1 saturated heterocycles. The molecule has 88 valence electrons. The predicted octanol–water partition coefficient (Wildman–Crippen LogP) is 0.873. The maximum absolute atomic E-state index is 2.42. The van der Waals surface area contributed by atoms with E-state index in [1.165, 1.54) is 39.0 Å². The number of nitrogens with zero attached hydrogens (tertiary/aromatic N) is 4. The Bertz CT molecular complexity index is 245. The first kappa shape index (κ1) is 9.87. The molecule has 0 spiro atoms. The second kappa shape index (κ2) is 4.28. The molecule has 4 nitrogen and oxygen atoms in total. The van der Waals surface area contributed by atoms with Crippen LogP contribution < -0.4 is 0 Å². The summed E-state index contributed by atoms with van der Waals surface area (Å²) in [6, 6.07) is 0. The zero-order valence-electron chi connectivity index (χ0n) is 9.76. The van der Waals surface area contributed by atoms with Crippen LogP contribution >= 0.6 is 0 Å². The highest BCUT2D eigenvalue weighted by molar-refractivity contribution is 4.94. The first-order valence-electron chi connectivity index (χ1n) is 6.23. The lowest BCUT2D eigenvalue weighted by atomic mass is 10.3. The molecule has 0 saturated carbocycles. The third-order valence-corrected chi connectivity index (χ3v) is 3.48. The molecule has 3 heterocycles. The summed E-state index contributed by atoms with van der Waals surface area (Å²) in [6.45, 7) is 6.89. The zero-order chi connectivity index (χ0) is 10.8. The standard InChI is InChI=1S/C12H20N4/c1-3-13-7-9-15(11-13)5-2-6-16-10-8-14(4-1)12-16/h7-10H,1-6,11-12H2. The van der Waals surface area contributed by atoms with E-state index in [9.17, 15) is 0 Å². The summed E-state index contributed by atoms with van der Waals surface area (Å²) in [5.41, 5.74) is 0. The van der Waals surface area contributed by atoms with Gasteiger partial charge in [0.05, 0.1) is 13.3 Å². The van der Waals surface area contributed by atoms with Crippen molar-refractivity contribution in [1.82, 2.24) is 19.6 Å². The van der Waals surface area contributed by atoms with Crippen molar-refractivity contribution in [2.75, 3.05) is 39.5 Å². The molecular formula is C12H20N4. The topological polar surface area (TPSA) is 13.0 Å². The van der Waals surface area contributed by atoms with E-state index in [0.29, 0.717) is 0 Å². The SMILES string of the molecule is C1=CN2CCCN3C=CN(CCCN1C2)C3. The van der Waals surface area contributed by atoms with Gasteiger partial charge in [0.15, 0.2) is 0 Å². The van der Waals surface area contributed by atoms with E-state index in [1.54, 1.807) is 0 Å². The van der Waals surface area contributed by atoms with Crippen LogP contribution in [0.25, 0.3) is 0 Å². The van der Waals surface area contributed by atoms with Crippen LogP contribution in [0.4, 0.5) is 0 Å². The zero-order valence-corrected chi connectivity index (χ0v) is 9.76. The van der Waals surface area contributed by atoms with Crippen molar-refractivity contribution in [1.29, 1.82) is 0 Å². The Hall–Kier alpha value is -1.32. The number of hydrogen-bond acceptors (Lipinski definition) is 4. The molecule has 16 heavy (non-hydrogen) atoms. The van der Waals surface area contributed by atoms with Crippen LogP contribution in [0.5, 0.6) is 0 Å². The first-order chi connectivity index (χ1) is 7.90. The fourth-order valence-corrected chi connectivity index (χ4v) is 2.57. The summed E-state index contributed by atoms with van der Waals surface area (Å²) in [4.78, 5) is 9.66. The highest BCUT2D eigenvalue weighted by Crippen LogP contribution is 2.13. The molecule has 4 bridgehead atoms. The normalized spacial score (nSPS) is 25.0. The summed E-state index contributed by atoms with van der Waals surface area (Å²) in [5.74, 6) is 0. The molecule has 3 aliphatic heterocycles. The van der Waals surface area contributed by atoms with E-state index in [2.05, 4.69) is 44.4 Å². The minimum absolute atomic E-state index is 1.09. The molecule has 0 N–H and O–H groups in total. The summed E-state index contributed by atoms with van der Waals surface area (Å²) >= 11 is 0. The Morgan fingerprint density at radius 1 is 0.500 bits per heavy atom. The van der Waals surface area contributed by atoms with Crippen molar-refractivity contribution in [3.63, 3.8) is 0 Å². The van der Waals surface area contributed by atoms with E-state index in [0.717, 1.165) is 13.3 Å². The Morgan fingerprint density at radius 3 is 1.12 bits per heavy atom. The Morgan fingerprint density at radius 2 is 0.812 bits per heavy atom. The highest BCUT2D eigenvalue weighted by atomic mass is 15.4. The number of hydrogen-bond donors (Lipinski definition) is 0. The molecule has 0 aromatic carbocycles. The fraction of sp³-hybridized carbons (Fsp3) is 0.667. The summed E-state index contributed by atoms with van der Waals surface area (Å²) < 4.78 is 0. The van der Waals surface area contributed by atoms with Crippen LogP contribution in [0.2, 0.25) is 0 Å². The average molecular weight is 220 g/mol. The van der Waals surface area contributed by atoms with Gasteiger partial charge in [0.1, 0.15) is 0 Å². The molecule has 4 heteroatoms. The van der Waals surface area contributed by atoms with Crippen molar-refractivity contribution in [2.45, 2.75) is 12.8 Å². The smallest absolute Gasteiger partial charge is 0.0893 e. The summed E-state index contributed by atoms with van der Waals surface area (Å²) in [7, 11) is 0. The highest BCUT2D eigenvalue weighted by Gasteiger charge is 2.16. The first-order valence-corrected chi connectivity index (χ1v) is 6.23. The molecule has 0 aromatic heterocycles. The van der Waals surface area contributed by atoms with Gasteiger partial charge in [-0.1, -0.05) is 0 Å². The lowest BCUT2D eigenvalue weighted by Crippen LogP contribution is -2.33. The van der Waals surface area contributed by atoms with E-state index in [-0.39, 0.29) is 0 Å². The molecule has 0 radical (unpaired) electrons. The van der Waals surface area contributed by atoms with Gasteiger partial charge in [-0.05, 0) is 12.8 Å². The molecule has 0 atom stereocenters. The Kier molecular flexibility index (Phi) is 2.64. The van der Waals surface area contributed by atoms with E-state index in [4.69, 9.17) is 0 Å². The van der Waals surface area contributed by atoms with Gasteiger partial charge in [-0.3, -0.25) is 0 Å². The van der Waals surface area contributed by atoms with Crippen LogP contribution in [0.1, 0.15) is 12.8 Å². The molecule has 3 aliphatic rings. The minimum Gasteiger partial charge on any atom is -0.359 e. The molecule has 0 unspecified atom stereocenters. The quantitative estimate of drug-likeness (QED) is 0.600. The van der Waals surface area contributed by atoms with Crippen LogP contribution in [-0.2, 0) is 0 Å². The van der Waals surface area contributed by atoms with Crippen molar-refractivity contribution < 1.29 is 0 Å². The van der Waals surface area contributed by atoms with Crippen LogP contribution in [-0.4, -0.2) is 59.1 Å². The molecule has 0 amide bonds. The molecule has 0 aromatic rings. The minimum atomic E-state index is 1.09. The van der Waals surface area contributed by atoms with Gasteiger partial charge in [0.25, 0.3) is 0 Å². The van der Waals surface area contributed by atoms with Crippen LogP contribution in [0, 0.1) is 0 Å². The van der Waals surface area contributed by atoms with Crippen molar-refractivity contribution in [2.24, 2.45) is 0 Å².